The monoisotopic (exact) mass is 285 g/mol. The van der Waals surface area contributed by atoms with Crippen molar-refractivity contribution in [3.05, 3.63) is 18.3 Å². The van der Waals surface area contributed by atoms with Gasteiger partial charge in [0.05, 0.1) is 0 Å². The van der Waals surface area contributed by atoms with Gasteiger partial charge in [0.25, 0.3) is 10.0 Å². The first-order chi connectivity index (χ1) is 8.99. The van der Waals surface area contributed by atoms with Crippen LogP contribution in [0.15, 0.2) is 23.2 Å². The molecule has 0 unspecified atom stereocenters. The van der Waals surface area contributed by atoms with Gasteiger partial charge in [0.1, 0.15) is 10.7 Å². The van der Waals surface area contributed by atoms with Crippen molar-refractivity contribution in [2.75, 3.05) is 18.0 Å². The molecule has 0 atom stereocenters. The number of hydrogen-bond acceptors (Lipinski definition) is 5. The molecule has 19 heavy (non-hydrogen) atoms. The maximum atomic E-state index is 11.6. The van der Waals surface area contributed by atoms with Crippen molar-refractivity contribution in [2.24, 2.45) is 0 Å². The minimum Gasteiger partial charge on any atom is -0.464 e. The van der Waals surface area contributed by atoms with Gasteiger partial charge in [-0.3, -0.25) is 0 Å². The van der Waals surface area contributed by atoms with Crippen LogP contribution < -0.4 is 9.62 Å². The highest BCUT2D eigenvalue weighted by Gasteiger charge is 2.18. The van der Waals surface area contributed by atoms with Crippen molar-refractivity contribution in [1.82, 2.24) is 9.71 Å². The van der Waals surface area contributed by atoms with Crippen LogP contribution in [-0.2, 0) is 10.0 Å². The molecule has 2 rings (SSSR count). The highest BCUT2D eigenvalue weighted by molar-refractivity contribution is 7.90. The number of anilines is 1. The van der Waals surface area contributed by atoms with E-state index in [0.717, 1.165) is 25.9 Å². The quantitative estimate of drug-likeness (QED) is 0.860. The van der Waals surface area contributed by atoms with Gasteiger partial charge >= 0.3 is 6.09 Å². The maximum absolute atomic E-state index is 11.6. The molecular weight excluding hydrogens is 270 g/mol. The highest BCUT2D eigenvalue weighted by atomic mass is 32.2. The van der Waals surface area contributed by atoms with E-state index >= 15 is 0 Å². The third-order valence-electron chi connectivity index (χ3n) is 2.93. The summed E-state index contributed by atoms with van der Waals surface area (Å²) >= 11 is 0. The van der Waals surface area contributed by atoms with Gasteiger partial charge in [0.15, 0.2) is 0 Å². The molecule has 2 N–H and O–H groups in total. The van der Waals surface area contributed by atoms with Crippen molar-refractivity contribution >= 4 is 21.9 Å². The second-order valence-electron chi connectivity index (χ2n) is 4.31. The lowest BCUT2D eigenvalue weighted by atomic mass is 10.1. The molecule has 1 fully saturated rings. The second kappa shape index (κ2) is 5.43. The summed E-state index contributed by atoms with van der Waals surface area (Å²) in [5.41, 5.74) is 0. The molecule has 0 bridgehead atoms. The second-order valence-corrected chi connectivity index (χ2v) is 5.99. The number of amides is 1. The van der Waals surface area contributed by atoms with Gasteiger partial charge in [-0.25, -0.2) is 22.9 Å². The molecule has 104 valence electrons. The molecule has 1 aromatic rings. The Balaban J connectivity index is 2.16. The van der Waals surface area contributed by atoms with Gasteiger partial charge in [-0.1, -0.05) is 0 Å². The van der Waals surface area contributed by atoms with E-state index in [1.54, 1.807) is 6.07 Å². The Morgan fingerprint density at radius 1 is 1.26 bits per heavy atom. The molecule has 2 heterocycles. The minimum absolute atomic E-state index is 0.157. The van der Waals surface area contributed by atoms with Crippen LogP contribution in [0.2, 0.25) is 0 Å². The number of rotatable bonds is 3. The fourth-order valence-electron chi connectivity index (χ4n) is 2.02. The highest BCUT2D eigenvalue weighted by Crippen LogP contribution is 2.18. The van der Waals surface area contributed by atoms with Gasteiger partial charge in [0, 0.05) is 19.3 Å². The van der Waals surface area contributed by atoms with Gasteiger partial charge in [-0.05, 0) is 31.4 Å². The lowest BCUT2D eigenvalue weighted by Crippen LogP contribution is -2.31. The summed E-state index contributed by atoms with van der Waals surface area (Å²) in [6.45, 7) is 1.82. The summed E-state index contributed by atoms with van der Waals surface area (Å²) in [5, 5.41) is 8.45. The van der Waals surface area contributed by atoms with Crippen LogP contribution in [0.3, 0.4) is 0 Å². The molecule has 7 nitrogen and oxygen atoms in total. The third-order valence-corrected chi connectivity index (χ3v) is 4.24. The molecule has 1 aliphatic rings. The van der Waals surface area contributed by atoms with Gasteiger partial charge in [0.2, 0.25) is 0 Å². The Labute approximate surface area is 111 Å². The average Bonchev–Trinajstić information content (AvgIpc) is 2.38. The smallest absolute Gasteiger partial charge is 0.418 e. The molecule has 0 spiro atoms. The first-order valence-corrected chi connectivity index (χ1v) is 7.44. The molecule has 1 aliphatic heterocycles. The predicted octanol–water partition coefficient (Wildman–Crippen LogP) is 1.03. The summed E-state index contributed by atoms with van der Waals surface area (Å²) in [5.74, 6) is 0.717. The standard InChI is InChI=1S/C11H15N3O4S/c15-11(16)13-19(17,18)9-4-5-10(12-8-9)14-6-2-1-3-7-14/h4-5,8,13H,1-3,6-7H2,(H,15,16). The molecule has 0 radical (unpaired) electrons. The van der Waals surface area contributed by atoms with Crippen molar-refractivity contribution in [3.8, 4) is 0 Å². The van der Waals surface area contributed by atoms with Crippen LogP contribution >= 0.6 is 0 Å². The summed E-state index contributed by atoms with van der Waals surface area (Å²) in [7, 11) is -4.04. The zero-order valence-electron chi connectivity index (χ0n) is 10.2. The van der Waals surface area contributed by atoms with Crippen molar-refractivity contribution < 1.29 is 18.3 Å². The topological polar surface area (TPSA) is 99.6 Å². The van der Waals surface area contributed by atoms with Gasteiger partial charge < -0.3 is 10.0 Å². The fourth-order valence-corrected chi connectivity index (χ4v) is 2.80. The maximum Gasteiger partial charge on any atom is 0.418 e. The van der Waals surface area contributed by atoms with E-state index in [1.165, 1.54) is 23.4 Å². The SMILES string of the molecule is O=C(O)NS(=O)(=O)c1ccc(N2CCCCC2)nc1. The molecule has 0 saturated carbocycles. The number of sulfonamides is 1. The molecule has 1 amide bonds. The van der Waals surface area contributed by atoms with E-state index in [2.05, 4.69) is 9.88 Å². The summed E-state index contributed by atoms with van der Waals surface area (Å²) in [6, 6.07) is 2.96. The number of pyridine rings is 1. The van der Waals surface area contributed by atoms with E-state index < -0.39 is 16.1 Å². The number of piperidine rings is 1. The Morgan fingerprint density at radius 3 is 2.47 bits per heavy atom. The van der Waals surface area contributed by atoms with Crippen LogP contribution in [0.25, 0.3) is 0 Å². The van der Waals surface area contributed by atoms with Crippen molar-refractivity contribution in [3.63, 3.8) is 0 Å². The number of carboxylic acid groups (broad SMARTS) is 1. The largest absolute Gasteiger partial charge is 0.464 e. The molecule has 0 aliphatic carbocycles. The van der Waals surface area contributed by atoms with Crippen LogP contribution in [0.5, 0.6) is 0 Å². The Morgan fingerprint density at radius 2 is 1.95 bits per heavy atom. The first kappa shape index (κ1) is 13.6. The Hall–Kier alpha value is -1.83. The third kappa shape index (κ3) is 3.34. The number of carbonyl (C=O) groups is 1. The first-order valence-electron chi connectivity index (χ1n) is 5.96. The lowest BCUT2D eigenvalue weighted by molar-refractivity contribution is 0.201. The van der Waals surface area contributed by atoms with Crippen LogP contribution in [0.4, 0.5) is 10.6 Å². The zero-order chi connectivity index (χ0) is 13.9. The zero-order valence-corrected chi connectivity index (χ0v) is 11.1. The molecule has 8 heteroatoms. The van der Waals surface area contributed by atoms with E-state index in [1.807, 2.05) is 0 Å². The van der Waals surface area contributed by atoms with E-state index in [4.69, 9.17) is 5.11 Å². The van der Waals surface area contributed by atoms with E-state index in [-0.39, 0.29) is 4.90 Å². The van der Waals surface area contributed by atoms with Gasteiger partial charge in [-0.15, -0.1) is 0 Å². The van der Waals surface area contributed by atoms with Crippen molar-refractivity contribution in [2.45, 2.75) is 24.2 Å². The summed E-state index contributed by atoms with van der Waals surface area (Å²) in [6.07, 6.45) is 2.96. The average molecular weight is 285 g/mol. The molecule has 1 saturated heterocycles. The van der Waals surface area contributed by atoms with Gasteiger partial charge in [-0.2, -0.15) is 0 Å². The van der Waals surface area contributed by atoms with Crippen molar-refractivity contribution in [1.29, 1.82) is 0 Å². The minimum atomic E-state index is -4.04. The Bertz CT molecular complexity index is 550. The van der Waals surface area contributed by atoms with Crippen LogP contribution in [0, 0.1) is 0 Å². The Kier molecular flexibility index (Phi) is 3.89. The molecular formula is C11H15N3O4S. The summed E-state index contributed by atoms with van der Waals surface area (Å²) in [4.78, 5) is 16.4. The molecule has 1 aromatic heterocycles. The summed E-state index contributed by atoms with van der Waals surface area (Å²) < 4.78 is 24.6. The predicted molar refractivity (Wildman–Crippen MR) is 68.6 cm³/mol. The van der Waals surface area contributed by atoms with Crippen LogP contribution in [0.1, 0.15) is 19.3 Å². The number of hydrogen-bond donors (Lipinski definition) is 2. The van der Waals surface area contributed by atoms with E-state index in [9.17, 15) is 13.2 Å². The fraction of sp³-hybridized carbons (Fsp3) is 0.455. The normalized spacial score (nSPS) is 16.1. The lowest BCUT2D eigenvalue weighted by Gasteiger charge is -2.27. The van der Waals surface area contributed by atoms with E-state index in [0.29, 0.717) is 5.82 Å². The number of nitrogens with one attached hydrogen (secondary N) is 1. The molecule has 0 aromatic carbocycles. The number of aromatic nitrogens is 1. The van der Waals surface area contributed by atoms with Crippen LogP contribution in [-0.4, -0.2) is 37.7 Å². The number of nitrogens with zero attached hydrogens (tertiary/aromatic N) is 2.